The zero-order valence-electron chi connectivity index (χ0n) is 25.9. The van der Waals surface area contributed by atoms with Crippen molar-refractivity contribution in [2.24, 2.45) is 0 Å². The maximum absolute atomic E-state index is 13.5. The number of rotatable bonds is 9. The topological polar surface area (TPSA) is 71.0 Å². The quantitative estimate of drug-likeness (QED) is 0.323. The van der Waals surface area contributed by atoms with Gasteiger partial charge in [-0.1, -0.05) is 60.7 Å². The van der Waals surface area contributed by atoms with Gasteiger partial charge in [-0.25, -0.2) is 0 Å². The van der Waals surface area contributed by atoms with E-state index in [2.05, 4.69) is 34.1 Å². The van der Waals surface area contributed by atoms with Crippen LogP contribution >= 0.6 is 0 Å². The summed E-state index contributed by atoms with van der Waals surface area (Å²) in [6.07, 6.45) is -2.98. The van der Waals surface area contributed by atoms with Crippen molar-refractivity contribution in [3.05, 3.63) is 83.2 Å². The van der Waals surface area contributed by atoms with Crippen molar-refractivity contribution in [1.29, 1.82) is 0 Å². The molecule has 2 aliphatic heterocycles. The van der Waals surface area contributed by atoms with Gasteiger partial charge in [0.1, 0.15) is 5.82 Å². The minimum atomic E-state index is -4.91. The fourth-order valence-electron chi connectivity index (χ4n) is 6.79. The van der Waals surface area contributed by atoms with E-state index in [0.29, 0.717) is 43.9 Å². The summed E-state index contributed by atoms with van der Waals surface area (Å²) in [5.74, 6) is 0.129. The first kappa shape index (κ1) is 31.3. The number of carbonyl (C=O) groups is 1. The van der Waals surface area contributed by atoms with Gasteiger partial charge in [-0.3, -0.25) is 14.6 Å². The maximum Gasteiger partial charge on any atom is 0.471 e. The minimum Gasteiger partial charge on any atom is -0.481 e. The van der Waals surface area contributed by atoms with Crippen molar-refractivity contribution in [3.63, 3.8) is 0 Å². The van der Waals surface area contributed by atoms with E-state index >= 15 is 0 Å². The van der Waals surface area contributed by atoms with E-state index in [1.165, 1.54) is 0 Å². The fourth-order valence-corrected chi connectivity index (χ4v) is 6.79. The van der Waals surface area contributed by atoms with Gasteiger partial charge in [-0.2, -0.15) is 23.1 Å². The molecule has 1 aromatic heterocycles. The first-order chi connectivity index (χ1) is 21.6. The number of fused-ring (bicyclic) bond motifs is 1. The van der Waals surface area contributed by atoms with Crippen molar-refractivity contribution in [2.45, 2.75) is 69.4 Å². The van der Waals surface area contributed by atoms with Crippen molar-refractivity contribution >= 4 is 5.91 Å². The summed E-state index contributed by atoms with van der Waals surface area (Å²) in [5, 5.41) is 0. The van der Waals surface area contributed by atoms with E-state index in [9.17, 15) is 18.0 Å². The highest BCUT2D eigenvalue weighted by molar-refractivity contribution is 5.82. The second kappa shape index (κ2) is 13.0. The predicted molar refractivity (Wildman–Crippen MR) is 163 cm³/mol. The third-order valence-electron chi connectivity index (χ3n) is 8.91. The molecule has 2 aromatic carbocycles. The number of ether oxygens (including phenoxy) is 2. The van der Waals surface area contributed by atoms with Gasteiger partial charge in [0.05, 0.1) is 18.8 Å². The van der Waals surface area contributed by atoms with Crippen LogP contribution in [0.15, 0.2) is 60.7 Å². The van der Waals surface area contributed by atoms with Gasteiger partial charge in [0.2, 0.25) is 11.8 Å². The van der Waals surface area contributed by atoms with E-state index in [4.69, 9.17) is 19.4 Å². The van der Waals surface area contributed by atoms with Crippen LogP contribution in [0.3, 0.4) is 0 Å². The molecule has 1 amide bonds. The Morgan fingerprint density at radius 3 is 2.09 bits per heavy atom. The molecule has 3 fully saturated rings. The zero-order chi connectivity index (χ0) is 31.7. The Morgan fingerprint density at radius 1 is 0.911 bits per heavy atom. The highest BCUT2D eigenvalue weighted by Crippen LogP contribution is 2.42. The van der Waals surface area contributed by atoms with Gasteiger partial charge >= 0.3 is 12.1 Å². The number of benzene rings is 2. The SMILES string of the molecule is COc1nc(C2CC2)nc(OC(C)C)c1CN1C[C@@H]2CN(C(=O)C(F)(F)F)CCN2[C@H](C(c2ccccc2)c2ccccc2)C1. The summed E-state index contributed by atoms with van der Waals surface area (Å²) in [4.78, 5) is 27.4. The number of aromatic nitrogens is 2. The van der Waals surface area contributed by atoms with Crippen molar-refractivity contribution in [1.82, 2.24) is 24.7 Å². The summed E-state index contributed by atoms with van der Waals surface area (Å²) < 4.78 is 52.6. The smallest absolute Gasteiger partial charge is 0.471 e. The molecule has 3 aromatic rings. The molecule has 0 bridgehead atoms. The van der Waals surface area contributed by atoms with E-state index in [1.54, 1.807) is 7.11 Å². The molecule has 45 heavy (non-hydrogen) atoms. The van der Waals surface area contributed by atoms with Crippen LogP contribution in [-0.2, 0) is 11.3 Å². The van der Waals surface area contributed by atoms with Gasteiger partial charge in [0.25, 0.3) is 0 Å². The van der Waals surface area contributed by atoms with E-state index in [-0.39, 0.29) is 37.2 Å². The highest BCUT2D eigenvalue weighted by atomic mass is 19.4. The summed E-state index contributed by atoms with van der Waals surface area (Å²) in [7, 11) is 1.59. The normalized spacial score (nSPS) is 21.2. The zero-order valence-corrected chi connectivity index (χ0v) is 25.9. The largest absolute Gasteiger partial charge is 0.481 e. The number of carbonyl (C=O) groups excluding carboxylic acids is 1. The fraction of sp³-hybridized carbons (Fsp3) is 0.500. The molecule has 11 heteroatoms. The Morgan fingerprint density at radius 2 is 1.53 bits per heavy atom. The number of hydrogen-bond donors (Lipinski definition) is 0. The summed E-state index contributed by atoms with van der Waals surface area (Å²) in [5.41, 5.74) is 2.97. The molecular weight excluding hydrogens is 583 g/mol. The Balaban J connectivity index is 1.38. The second-order valence-corrected chi connectivity index (χ2v) is 12.5. The molecule has 8 nitrogen and oxygen atoms in total. The van der Waals surface area contributed by atoms with Crippen LogP contribution in [0.5, 0.6) is 11.8 Å². The Bertz CT molecular complexity index is 1430. The molecule has 6 rings (SSSR count). The molecular formula is C34H40F3N5O3. The van der Waals surface area contributed by atoms with Gasteiger partial charge in [0.15, 0.2) is 0 Å². The lowest BCUT2D eigenvalue weighted by Crippen LogP contribution is -2.68. The van der Waals surface area contributed by atoms with E-state index in [0.717, 1.165) is 40.3 Å². The van der Waals surface area contributed by atoms with Crippen LogP contribution in [0.4, 0.5) is 13.2 Å². The van der Waals surface area contributed by atoms with Gasteiger partial charge in [-0.15, -0.1) is 0 Å². The average Bonchev–Trinajstić information content (AvgIpc) is 3.87. The molecule has 2 atom stereocenters. The van der Waals surface area contributed by atoms with E-state index < -0.39 is 12.1 Å². The first-order valence-corrected chi connectivity index (χ1v) is 15.7. The average molecular weight is 624 g/mol. The highest BCUT2D eigenvalue weighted by Gasteiger charge is 2.48. The standard InChI is InChI=1S/C34H40F3N5O3/c1-22(2)45-32-27(31(44-3)38-30(39-32)25-14-15-25)20-40-18-26-19-41(33(43)34(35,36)37)16-17-42(26)28(21-40)29(23-10-6-4-7-11-23)24-12-8-5-9-13-24/h4-13,22,25-26,28-29H,14-21H2,1-3H3/t26-,28+/m1/s1. The Hall–Kier alpha value is -3.70. The van der Waals surface area contributed by atoms with Gasteiger partial charge < -0.3 is 14.4 Å². The first-order valence-electron chi connectivity index (χ1n) is 15.7. The molecule has 3 aliphatic rings. The number of halogens is 3. The van der Waals surface area contributed by atoms with E-state index in [1.807, 2.05) is 50.2 Å². The maximum atomic E-state index is 13.5. The molecule has 2 saturated heterocycles. The lowest BCUT2D eigenvalue weighted by atomic mass is 9.81. The summed E-state index contributed by atoms with van der Waals surface area (Å²) in [6, 6.07) is 20.1. The Kier molecular flexibility index (Phi) is 9.01. The molecule has 3 heterocycles. The molecule has 240 valence electrons. The van der Waals surface area contributed by atoms with Crippen LogP contribution in [0.1, 0.15) is 61.0 Å². The third kappa shape index (κ3) is 6.94. The van der Waals surface area contributed by atoms with Crippen LogP contribution in [-0.4, -0.2) is 94.8 Å². The molecule has 0 spiro atoms. The monoisotopic (exact) mass is 623 g/mol. The van der Waals surface area contributed by atoms with Crippen LogP contribution in [0.2, 0.25) is 0 Å². The third-order valence-corrected chi connectivity index (χ3v) is 8.91. The molecule has 1 saturated carbocycles. The number of amides is 1. The second-order valence-electron chi connectivity index (χ2n) is 12.5. The van der Waals surface area contributed by atoms with Gasteiger partial charge in [0, 0.05) is 63.2 Å². The number of alkyl halides is 3. The van der Waals surface area contributed by atoms with Crippen molar-refractivity contribution in [2.75, 3.05) is 39.8 Å². The number of piperazine rings is 2. The lowest BCUT2D eigenvalue weighted by Gasteiger charge is -2.53. The summed E-state index contributed by atoms with van der Waals surface area (Å²) in [6.45, 7) is 5.75. The molecule has 1 aliphatic carbocycles. The number of hydrogen-bond acceptors (Lipinski definition) is 7. The van der Waals surface area contributed by atoms with Crippen LogP contribution < -0.4 is 9.47 Å². The minimum absolute atomic E-state index is 0.00868. The van der Waals surface area contributed by atoms with Crippen molar-refractivity contribution < 1.29 is 27.4 Å². The van der Waals surface area contributed by atoms with Gasteiger partial charge in [-0.05, 0) is 37.8 Å². The molecule has 0 radical (unpaired) electrons. The summed E-state index contributed by atoms with van der Waals surface area (Å²) >= 11 is 0. The Labute approximate surface area is 262 Å². The predicted octanol–water partition coefficient (Wildman–Crippen LogP) is 5.24. The number of methoxy groups -OCH3 is 1. The van der Waals surface area contributed by atoms with Crippen LogP contribution in [0.25, 0.3) is 0 Å². The van der Waals surface area contributed by atoms with Crippen molar-refractivity contribution in [3.8, 4) is 11.8 Å². The molecule has 0 unspecified atom stereocenters. The molecule has 0 N–H and O–H groups in total. The lowest BCUT2D eigenvalue weighted by molar-refractivity contribution is -0.189. The van der Waals surface area contributed by atoms with Crippen LogP contribution in [0, 0.1) is 0 Å². The number of nitrogens with zero attached hydrogens (tertiary/aromatic N) is 5.